The lowest BCUT2D eigenvalue weighted by atomic mass is 10.1. The van der Waals surface area contributed by atoms with Gasteiger partial charge in [0.05, 0.1) is 17.4 Å². The zero-order chi connectivity index (χ0) is 18.3. The highest BCUT2D eigenvalue weighted by atomic mass is 32.2. The van der Waals surface area contributed by atoms with Gasteiger partial charge in [-0.3, -0.25) is 9.59 Å². The van der Waals surface area contributed by atoms with E-state index in [1.807, 2.05) is 41.9 Å². The van der Waals surface area contributed by atoms with Gasteiger partial charge in [-0.25, -0.2) is 4.68 Å². The van der Waals surface area contributed by atoms with E-state index < -0.39 is 4.75 Å². The molecule has 1 aromatic heterocycles. The number of fused-ring (bicyclic) bond motifs is 1. The Hall–Kier alpha value is -2.28. The molecule has 6 nitrogen and oxygen atoms in total. The van der Waals surface area contributed by atoms with Crippen LogP contribution in [0.5, 0.6) is 0 Å². The second kappa shape index (κ2) is 6.46. The molecule has 1 saturated carbocycles. The fraction of sp³-hybridized carbons (Fsp3) is 0.421. The number of benzene rings is 1. The molecule has 4 rings (SSSR count). The standard InChI is InChI=1S/C19H22N4O2S/c1-12-11-16(23(22-12)13-7-3-4-8-13)21-18(25)19(2)17(24)20-14-9-5-6-10-15(14)26-19/h5-6,9-11,13H,3-4,7-8H2,1-2H3,(H,20,24)(H,21,25). The first-order chi connectivity index (χ1) is 12.5. The number of nitrogens with zero attached hydrogens (tertiary/aromatic N) is 2. The summed E-state index contributed by atoms with van der Waals surface area (Å²) in [6, 6.07) is 9.72. The van der Waals surface area contributed by atoms with Gasteiger partial charge in [-0.2, -0.15) is 5.10 Å². The van der Waals surface area contributed by atoms with E-state index in [0.29, 0.717) is 11.9 Å². The molecular formula is C19H22N4O2S. The van der Waals surface area contributed by atoms with Crippen LogP contribution in [0.2, 0.25) is 0 Å². The number of hydrogen-bond acceptors (Lipinski definition) is 4. The molecule has 0 bridgehead atoms. The summed E-state index contributed by atoms with van der Waals surface area (Å²) < 4.78 is 0.690. The van der Waals surface area contributed by atoms with Crippen molar-refractivity contribution >= 4 is 35.1 Å². The zero-order valence-electron chi connectivity index (χ0n) is 14.9. The Morgan fingerprint density at radius 1 is 1.35 bits per heavy atom. The van der Waals surface area contributed by atoms with Crippen LogP contribution in [0, 0.1) is 6.92 Å². The van der Waals surface area contributed by atoms with E-state index in [-0.39, 0.29) is 11.8 Å². The third kappa shape index (κ3) is 2.90. The quantitative estimate of drug-likeness (QED) is 0.807. The number of thioether (sulfide) groups is 1. The topological polar surface area (TPSA) is 76.0 Å². The summed E-state index contributed by atoms with van der Waals surface area (Å²) in [5.74, 6) is 0.0453. The van der Waals surface area contributed by atoms with Gasteiger partial charge in [-0.15, -0.1) is 0 Å². The number of aromatic nitrogens is 2. The summed E-state index contributed by atoms with van der Waals surface area (Å²) in [6.45, 7) is 3.59. The molecule has 1 aromatic carbocycles. The first-order valence-electron chi connectivity index (χ1n) is 8.94. The SMILES string of the molecule is Cc1cc(NC(=O)C2(C)Sc3ccccc3NC2=O)n(C2CCCC2)n1. The van der Waals surface area contributed by atoms with Gasteiger partial charge in [-0.1, -0.05) is 36.7 Å². The molecule has 0 spiro atoms. The van der Waals surface area contributed by atoms with Crippen LogP contribution in [-0.2, 0) is 9.59 Å². The molecule has 2 amide bonds. The van der Waals surface area contributed by atoms with Crippen LogP contribution >= 0.6 is 11.8 Å². The minimum absolute atomic E-state index is 0.303. The molecule has 1 aliphatic heterocycles. The molecule has 2 N–H and O–H groups in total. The minimum Gasteiger partial charge on any atom is -0.323 e. The molecule has 0 radical (unpaired) electrons. The van der Waals surface area contributed by atoms with Crippen LogP contribution < -0.4 is 10.6 Å². The zero-order valence-corrected chi connectivity index (χ0v) is 15.7. The van der Waals surface area contributed by atoms with Crippen molar-refractivity contribution in [1.29, 1.82) is 0 Å². The normalized spacial score (nSPS) is 22.8. The monoisotopic (exact) mass is 370 g/mol. The molecule has 1 unspecified atom stereocenters. The number of carbonyl (C=O) groups is 2. The second-order valence-corrected chi connectivity index (χ2v) is 8.55. The highest BCUT2D eigenvalue weighted by Crippen LogP contribution is 2.43. The Morgan fingerprint density at radius 3 is 2.85 bits per heavy atom. The molecule has 2 aliphatic rings. The van der Waals surface area contributed by atoms with E-state index in [4.69, 9.17) is 0 Å². The van der Waals surface area contributed by atoms with E-state index in [9.17, 15) is 9.59 Å². The van der Waals surface area contributed by atoms with Gasteiger partial charge >= 0.3 is 0 Å². The van der Waals surface area contributed by atoms with Crippen molar-refractivity contribution in [3.8, 4) is 0 Å². The van der Waals surface area contributed by atoms with Gasteiger partial charge in [0.15, 0.2) is 4.75 Å². The summed E-state index contributed by atoms with van der Waals surface area (Å²) >= 11 is 1.29. The fourth-order valence-corrected chi connectivity index (χ4v) is 4.69. The summed E-state index contributed by atoms with van der Waals surface area (Å²) in [5, 5.41) is 10.4. The van der Waals surface area contributed by atoms with Gasteiger partial charge in [0.2, 0.25) is 5.91 Å². The lowest BCUT2D eigenvalue weighted by molar-refractivity contribution is -0.126. The van der Waals surface area contributed by atoms with Crippen LogP contribution in [0.4, 0.5) is 11.5 Å². The maximum Gasteiger partial charge on any atom is 0.251 e. The number of carbonyl (C=O) groups excluding carboxylic acids is 2. The number of hydrogen-bond donors (Lipinski definition) is 2. The summed E-state index contributed by atoms with van der Waals surface area (Å²) in [4.78, 5) is 26.6. The van der Waals surface area contributed by atoms with Crippen LogP contribution in [0.15, 0.2) is 35.2 Å². The van der Waals surface area contributed by atoms with Gasteiger partial charge in [0, 0.05) is 11.0 Å². The Kier molecular flexibility index (Phi) is 4.26. The Balaban J connectivity index is 1.60. The third-order valence-electron chi connectivity index (χ3n) is 5.09. The largest absolute Gasteiger partial charge is 0.323 e. The van der Waals surface area contributed by atoms with Crippen LogP contribution in [0.1, 0.15) is 44.3 Å². The molecule has 1 fully saturated rings. The van der Waals surface area contributed by atoms with E-state index >= 15 is 0 Å². The van der Waals surface area contributed by atoms with Gasteiger partial charge in [-0.05, 0) is 38.8 Å². The summed E-state index contributed by atoms with van der Waals surface area (Å²) in [6.07, 6.45) is 4.52. The Bertz CT molecular complexity index is 872. The number of rotatable bonds is 3. The van der Waals surface area contributed by atoms with Crippen molar-refractivity contribution in [2.24, 2.45) is 0 Å². The Morgan fingerprint density at radius 2 is 2.08 bits per heavy atom. The van der Waals surface area contributed by atoms with Crippen molar-refractivity contribution in [2.45, 2.75) is 55.2 Å². The average Bonchev–Trinajstić information content (AvgIpc) is 3.25. The fourth-order valence-electron chi connectivity index (χ4n) is 3.59. The molecule has 0 saturated heterocycles. The van der Waals surface area contributed by atoms with Crippen LogP contribution in [-0.4, -0.2) is 26.3 Å². The second-order valence-electron chi connectivity index (χ2n) is 7.09. The predicted molar refractivity (Wildman–Crippen MR) is 102 cm³/mol. The number of amides is 2. The summed E-state index contributed by atoms with van der Waals surface area (Å²) in [7, 11) is 0. The third-order valence-corrected chi connectivity index (χ3v) is 6.44. The van der Waals surface area contributed by atoms with E-state index in [1.54, 1.807) is 6.92 Å². The molecule has 1 atom stereocenters. The Labute approximate surface area is 156 Å². The predicted octanol–water partition coefficient (Wildman–Crippen LogP) is 3.75. The average molecular weight is 370 g/mol. The molecule has 2 heterocycles. The molecule has 2 aromatic rings. The maximum absolute atomic E-state index is 13.1. The first kappa shape index (κ1) is 17.1. The van der Waals surface area contributed by atoms with Crippen LogP contribution in [0.25, 0.3) is 0 Å². The lowest BCUT2D eigenvalue weighted by Gasteiger charge is -2.31. The van der Waals surface area contributed by atoms with Gasteiger partial charge < -0.3 is 10.6 Å². The molecule has 26 heavy (non-hydrogen) atoms. The van der Waals surface area contributed by atoms with E-state index in [1.165, 1.54) is 24.6 Å². The van der Waals surface area contributed by atoms with E-state index in [0.717, 1.165) is 29.1 Å². The van der Waals surface area contributed by atoms with Crippen molar-refractivity contribution in [1.82, 2.24) is 9.78 Å². The van der Waals surface area contributed by atoms with Gasteiger partial charge in [0.1, 0.15) is 5.82 Å². The molecule has 1 aliphatic carbocycles. The first-order valence-corrected chi connectivity index (χ1v) is 9.76. The van der Waals surface area contributed by atoms with Crippen molar-refractivity contribution < 1.29 is 9.59 Å². The van der Waals surface area contributed by atoms with E-state index in [2.05, 4.69) is 15.7 Å². The number of nitrogens with one attached hydrogen (secondary N) is 2. The number of aryl methyl sites for hydroxylation is 1. The maximum atomic E-state index is 13.1. The van der Waals surface area contributed by atoms with Crippen molar-refractivity contribution in [3.63, 3.8) is 0 Å². The smallest absolute Gasteiger partial charge is 0.251 e. The van der Waals surface area contributed by atoms with Crippen LogP contribution in [0.3, 0.4) is 0 Å². The van der Waals surface area contributed by atoms with Crippen molar-refractivity contribution in [3.05, 3.63) is 36.0 Å². The minimum atomic E-state index is -1.23. The molecular weight excluding hydrogens is 348 g/mol. The molecule has 136 valence electrons. The highest BCUT2D eigenvalue weighted by Gasteiger charge is 2.46. The lowest BCUT2D eigenvalue weighted by Crippen LogP contribution is -2.49. The summed E-state index contributed by atoms with van der Waals surface area (Å²) in [5.41, 5.74) is 1.61. The highest BCUT2D eigenvalue weighted by molar-refractivity contribution is 8.02. The van der Waals surface area contributed by atoms with Crippen molar-refractivity contribution in [2.75, 3.05) is 10.6 Å². The number of anilines is 2. The van der Waals surface area contributed by atoms with Gasteiger partial charge in [0.25, 0.3) is 5.91 Å². The number of para-hydroxylation sites is 1. The molecule has 7 heteroatoms.